The van der Waals surface area contributed by atoms with Gasteiger partial charge in [0.1, 0.15) is 0 Å². The van der Waals surface area contributed by atoms with Gasteiger partial charge in [-0.1, -0.05) is 34.1 Å². The van der Waals surface area contributed by atoms with Gasteiger partial charge in [0, 0.05) is 34.8 Å². The highest BCUT2D eigenvalue weighted by Crippen LogP contribution is 2.21. The summed E-state index contributed by atoms with van der Waals surface area (Å²) in [6.07, 6.45) is 5.53. The van der Waals surface area contributed by atoms with Crippen LogP contribution in [0, 0.1) is 6.92 Å². The Morgan fingerprint density at radius 3 is 2.62 bits per heavy atom. The molecule has 4 heteroatoms. The minimum absolute atomic E-state index is 0.805. The molecule has 0 atom stereocenters. The fourth-order valence-electron chi connectivity index (χ4n) is 2.10. The minimum atomic E-state index is 0.805. The van der Waals surface area contributed by atoms with Gasteiger partial charge in [0.05, 0.1) is 6.33 Å². The maximum Gasteiger partial charge on any atom is 0.0991 e. The van der Waals surface area contributed by atoms with Crippen molar-refractivity contribution in [2.75, 3.05) is 5.32 Å². The van der Waals surface area contributed by atoms with Crippen molar-refractivity contribution in [3.05, 3.63) is 76.8 Å². The molecule has 1 N–H and O–H groups in total. The predicted molar refractivity (Wildman–Crippen MR) is 89.8 cm³/mol. The van der Waals surface area contributed by atoms with Crippen molar-refractivity contribution >= 4 is 21.6 Å². The molecule has 0 spiro atoms. The van der Waals surface area contributed by atoms with Gasteiger partial charge in [-0.15, -0.1) is 0 Å². The van der Waals surface area contributed by atoms with Crippen molar-refractivity contribution in [1.82, 2.24) is 9.55 Å². The van der Waals surface area contributed by atoms with Crippen molar-refractivity contribution in [2.45, 2.75) is 13.5 Å². The number of hydrogen-bond donors (Lipinski definition) is 1. The van der Waals surface area contributed by atoms with Crippen molar-refractivity contribution < 1.29 is 0 Å². The highest BCUT2D eigenvalue weighted by Gasteiger charge is 1.99. The predicted octanol–water partition coefficient (Wildman–Crippen LogP) is 4.56. The molecule has 1 aromatic heterocycles. The number of imidazole rings is 1. The molecule has 0 saturated carbocycles. The largest absolute Gasteiger partial charge is 0.381 e. The number of anilines is 1. The summed E-state index contributed by atoms with van der Waals surface area (Å²) in [5.41, 5.74) is 4.72. The van der Waals surface area contributed by atoms with E-state index in [1.54, 1.807) is 12.5 Å². The number of nitrogens with one attached hydrogen (secondary N) is 1. The smallest absolute Gasteiger partial charge is 0.0991 e. The van der Waals surface area contributed by atoms with Crippen molar-refractivity contribution in [3.63, 3.8) is 0 Å². The van der Waals surface area contributed by atoms with Crippen LogP contribution in [0.5, 0.6) is 0 Å². The first-order valence-electron chi connectivity index (χ1n) is 6.80. The molecule has 0 aliphatic heterocycles. The van der Waals surface area contributed by atoms with E-state index >= 15 is 0 Å². The lowest BCUT2D eigenvalue weighted by Crippen LogP contribution is -2.00. The Balaban J connectivity index is 1.66. The number of benzene rings is 2. The molecular weight excluding hydrogens is 326 g/mol. The summed E-state index contributed by atoms with van der Waals surface area (Å²) >= 11 is 3.56. The average Bonchev–Trinajstić information content (AvgIpc) is 3.03. The van der Waals surface area contributed by atoms with E-state index in [4.69, 9.17) is 0 Å². The Kier molecular flexibility index (Phi) is 4.06. The van der Waals surface area contributed by atoms with E-state index in [1.807, 2.05) is 10.8 Å². The first-order valence-corrected chi connectivity index (χ1v) is 7.59. The van der Waals surface area contributed by atoms with Gasteiger partial charge in [0.25, 0.3) is 0 Å². The molecule has 1 heterocycles. The summed E-state index contributed by atoms with van der Waals surface area (Å²) in [4.78, 5) is 4.06. The van der Waals surface area contributed by atoms with Gasteiger partial charge in [-0.3, -0.25) is 0 Å². The van der Waals surface area contributed by atoms with E-state index in [9.17, 15) is 0 Å². The van der Waals surface area contributed by atoms with Crippen LogP contribution in [0.4, 0.5) is 5.69 Å². The molecule has 0 fully saturated rings. The Hall–Kier alpha value is -2.07. The molecule has 0 bridgehead atoms. The lowest BCUT2D eigenvalue weighted by Gasteiger charge is -2.09. The standard InChI is InChI=1S/C17H16BrN3/c1-13-2-5-15(10-17(13)18)20-11-14-3-6-16(7-4-14)21-9-8-19-12-21/h2-10,12,20H,11H2,1H3. The average molecular weight is 342 g/mol. The second kappa shape index (κ2) is 6.14. The van der Waals surface area contributed by atoms with Gasteiger partial charge < -0.3 is 9.88 Å². The zero-order valence-corrected chi connectivity index (χ0v) is 13.3. The van der Waals surface area contributed by atoms with Crippen molar-refractivity contribution in [3.8, 4) is 5.69 Å². The highest BCUT2D eigenvalue weighted by molar-refractivity contribution is 9.10. The monoisotopic (exact) mass is 341 g/mol. The fourth-order valence-corrected chi connectivity index (χ4v) is 2.48. The second-order valence-electron chi connectivity index (χ2n) is 4.95. The first-order chi connectivity index (χ1) is 10.2. The summed E-state index contributed by atoms with van der Waals surface area (Å²) in [7, 11) is 0. The molecular formula is C17H16BrN3. The molecule has 0 aliphatic carbocycles. The lowest BCUT2D eigenvalue weighted by molar-refractivity contribution is 1.05. The Labute approximate surface area is 132 Å². The van der Waals surface area contributed by atoms with Crippen LogP contribution in [-0.4, -0.2) is 9.55 Å². The number of aromatic nitrogens is 2. The maximum absolute atomic E-state index is 4.06. The van der Waals surface area contributed by atoms with E-state index in [0.29, 0.717) is 0 Å². The Morgan fingerprint density at radius 2 is 1.95 bits per heavy atom. The van der Waals surface area contributed by atoms with Gasteiger partial charge >= 0.3 is 0 Å². The quantitative estimate of drug-likeness (QED) is 0.754. The second-order valence-corrected chi connectivity index (χ2v) is 5.81. The van der Waals surface area contributed by atoms with Crippen LogP contribution in [0.2, 0.25) is 0 Å². The molecule has 0 saturated heterocycles. The third-order valence-electron chi connectivity index (χ3n) is 3.41. The van der Waals surface area contributed by atoms with Gasteiger partial charge in [-0.25, -0.2) is 4.98 Å². The van der Waals surface area contributed by atoms with Crippen LogP contribution in [-0.2, 0) is 6.54 Å². The van der Waals surface area contributed by atoms with Crippen LogP contribution in [0.25, 0.3) is 5.69 Å². The third kappa shape index (κ3) is 3.34. The van der Waals surface area contributed by atoms with Gasteiger partial charge in [0.15, 0.2) is 0 Å². The molecule has 0 unspecified atom stereocenters. The molecule has 3 aromatic rings. The van der Waals surface area contributed by atoms with Crippen LogP contribution in [0.1, 0.15) is 11.1 Å². The number of hydrogen-bond acceptors (Lipinski definition) is 2. The summed E-state index contributed by atoms with van der Waals surface area (Å²) in [6, 6.07) is 14.8. The number of rotatable bonds is 4. The SMILES string of the molecule is Cc1ccc(NCc2ccc(-n3ccnc3)cc2)cc1Br. The van der Waals surface area contributed by atoms with Crippen LogP contribution in [0.3, 0.4) is 0 Å². The fraction of sp³-hybridized carbons (Fsp3) is 0.118. The zero-order valence-electron chi connectivity index (χ0n) is 11.8. The first kappa shape index (κ1) is 13.9. The maximum atomic E-state index is 4.06. The molecule has 0 aliphatic rings. The molecule has 2 aromatic carbocycles. The van der Waals surface area contributed by atoms with Crippen LogP contribution in [0.15, 0.2) is 65.7 Å². The number of halogens is 1. The Bertz CT molecular complexity index is 718. The minimum Gasteiger partial charge on any atom is -0.381 e. The number of nitrogens with zero attached hydrogens (tertiary/aromatic N) is 2. The molecule has 0 amide bonds. The van der Waals surface area contributed by atoms with Gasteiger partial charge in [-0.2, -0.15) is 0 Å². The topological polar surface area (TPSA) is 29.9 Å². The highest BCUT2D eigenvalue weighted by atomic mass is 79.9. The lowest BCUT2D eigenvalue weighted by atomic mass is 10.2. The Morgan fingerprint density at radius 1 is 1.14 bits per heavy atom. The van der Waals surface area contributed by atoms with E-state index in [2.05, 4.69) is 75.6 Å². The van der Waals surface area contributed by atoms with Crippen LogP contribution >= 0.6 is 15.9 Å². The summed E-state index contributed by atoms with van der Waals surface area (Å²) < 4.78 is 3.12. The van der Waals surface area contributed by atoms with Gasteiger partial charge in [0.2, 0.25) is 0 Å². The summed E-state index contributed by atoms with van der Waals surface area (Å²) in [6.45, 7) is 2.89. The third-order valence-corrected chi connectivity index (χ3v) is 4.26. The molecule has 3 rings (SSSR count). The van der Waals surface area contributed by atoms with E-state index < -0.39 is 0 Å². The van der Waals surface area contributed by atoms with E-state index in [0.717, 1.165) is 22.4 Å². The van der Waals surface area contributed by atoms with Crippen molar-refractivity contribution in [1.29, 1.82) is 0 Å². The molecule has 106 valence electrons. The van der Waals surface area contributed by atoms with Gasteiger partial charge in [-0.05, 0) is 42.3 Å². The normalized spacial score (nSPS) is 10.6. The summed E-state index contributed by atoms with van der Waals surface area (Å²) in [5.74, 6) is 0. The molecule has 0 radical (unpaired) electrons. The summed E-state index contributed by atoms with van der Waals surface area (Å²) in [5, 5.41) is 3.43. The molecule has 3 nitrogen and oxygen atoms in total. The van der Waals surface area contributed by atoms with E-state index in [-0.39, 0.29) is 0 Å². The van der Waals surface area contributed by atoms with Crippen LogP contribution < -0.4 is 5.32 Å². The van der Waals surface area contributed by atoms with E-state index in [1.165, 1.54) is 11.1 Å². The van der Waals surface area contributed by atoms with Crippen molar-refractivity contribution in [2.24, 2.45) is 0 Å². The molecule has 21 heavy (non-hydrogen) atoms. The number of aryl methyl sites for hydroxylation is 1. The zero-order chi connectivity index (χ0) is 14.7.